The second-order valence-corrected chi connectivity index (χ2v) is 7.68. The fourth-order valence-corrected chi connectivity index (χ4v) is 3.95. The van der Waals surface area contributed by atoms with Gasteiger partial charge in [0.05, 0.1) is 12.7 Å². The summed E-state index contributed by atoms with van der Waals surface area (Å²) in [5, 5.41) is 10.7. The Balaban J connectivity index is 1.62. The molecule has 1 aromatic carbocycles. The van der Waals surface area contributed by atoms with Crippen molar-refractivity contribution in [2.75, 3.05) is 6.61 Å². The molecule has 1 heterocycles. The molecule has 0 aromatic heterocycles. The average Bonchev–Trinajstić information content (AvgIpc) is 2.47. The lowest BCUT2D eigenvalue weighted by Gasteiger charge is -2.37. The zero-order valence-corrected chi connectivity index (χ0v) is 13.3. The van der Waals surface area contributed by atoms with Crippen molar-refractivity contribution in [2.24, 2.45) is 11.3 Å². The van der Waals surface area contributed by atoms with Gasteiger partial charge in [-0.3, -0.25) is 0 Å². The van der Waals surface area contributed by atoms with Crippen LogP contribution >= 0.6 is 0 Å². The number of hydrogen-bond acceptors (Lipinski definition) is 2. The molecule has 1 N–H and O–H groups in total. The molecule has 2 aliphatic rings. The third-order valence-corrected chi connectivity index (χ3v) is 5.54. The summed E-state index contributed by atoms with van der Waals surface area (Å²) in [5.74, 6) is 1.97. The Morgan fingerprint density at radius 3 is 2.67 bits per heavy atom. The van der Waals surface area contributed by atoms with E-state index in [0.717, 1.165) is 25.2 Å². The van der Waals surface area contributed by atoms with Crippen LogP contribution in [0.3, 0.4) is 0 Å². The summed E-state index contributed by atoms with van der Waals surface area (Å²) in [6.45, 7) is 5.49. The Bertz CT molecular complexity index is 470. The predicted octanol–water partition coefficient (Wildman–Crippen LogP) is 4.52. The van der Waals surface area contributed by atoms with Crippen molar-refractivity contribution in [3.05, 3.63) is 29.8 Å². The highest BCUT2D eigenvalue weighted by atomic mass is 16.5. The molecule has 3 rings (SSSR count). The molecule has 2 atom stereocenters. The van der Waals surface area contributed by atoms with Crippen molar-refractivity contribution in [2.45, 2.75) is 64.4 Å². The monoisotopic (exact) mass is 288 g/mol. The topological polar surface area (TPSA) is 29.5 Å². The normalized spacial score (nSPS) is 26.7. The number of benzene rings is 1. The lowest BCUT2D eigenvalue weighted by Crippen LogP contribution is -2.31. The molecule has 1 aliphatic carbocycles. The van der Waals surface area contributed by atoms with E-state index in [2.05, 4.69) is 32.0 Å². The molecule has 1 aliphatic heterocycles. The molecule has 2 unspecified atom stereocenters. The second kappa shape index (κ2) is 6.00. The van der Waals surface area contributed by atoms with Crippen molar-refractivity contribution < 1.29 is 9.84 Å². The van der Waals surface area contributed by atoms with Crippen molar-refractivity contribution >= 4 is 0 Å². The Kier molecular flexibility index (Phi) is 4.26. The van der Waals surface area contributed by atoms with Gasteiger partial charge in [0, 0.05) is 0 Å². The molecule has 2 nitrogen and oxygen atoms in total. The van der Waals surface area contributed by atoms with Gasteiger partial charge in [0.2, 0.25) is 0 Å². The molecule has 1 aromatic rings. The summed E-state index contributed by atoms with van der Waals surface area (Å²) in [6, 6.07) is 8.32. The van der Waals surface area contributed by atoms with Gasteiger partial charge in [-0.1, -0.05) is 32.0 Å². The molecule has 116 valence electrons. The Hall–Kier alpha value is -1.02. The molecule has 0 amide bonds. The molecule has 1 fully saturated rings. The van der Waals surface area contributed by atoms with Gasteiger partial charge in [-0.05, 0) is 67.4 Å². The zero-order valence-electron chi connectivity index (χ0n) is 13.3. The van der Waals surface area contributed by atoms with E-state index in [4.69, 9.17) is 4.74 Å². The third kappa shape index (κ3) is 3.42. The first-order valence-corrected chi connectivity index (χ1v) is 8.45. The Morgan fingerprint density at radius 1 is 1.19 bits per heavy atom. The van der Waals surface area contributed by atoms with E-state index in [1.807, 2.05) is 6.07 Å². The molecule has 1 saturated carbocycles. The fourth-order valence-electron chi connectivity index (χ4n) is 3.95. The first-order chi connectivity index (χ1) is 10.1. The molecule has 0 spiro atoms. The van der Waals surface area contributed by atoms with Crippen molar-refractivity contribution in [3.63, 3.8) is 0 Å². The van der Waals surface area contributed by atoms with E-state index in [1.165, 1.54) is 31.2 Å². The summed E-state index contributed by atoms with van der Waals surface area (Å²) in [7, 11) is 0. The van der Waals surface area contributed by atoms with Gasteiger partial charge in [-0.2, -0.15) is 0 Å². The number of rotatable bonds is 3. The third-order valence-electron chi connectivity index (χ3n) is 5.54. The zero-order chi connectivity index (χ0) is 14.9. The van der Waals surface area contributed by atoms with Crippen LogP contribution in [0.5, 0.6) is 5.75 Å². The average molecular weight is 288 g/mol. The summed E-state index contributed by atoms with van der Waals surface area (Å²) < 4.78 is 5.73. The van der Waals surface area contributed by atoms with Gasteiger partial charge in [0.25, 0.3) is 0 Å². The van der Waals surface area contributed by atoms with E-state index >= 15 is 0 Å². The number of para-hydroxylation sites is 1. The maximum Gasteiger partial charge on any atom is 0.122 e. The van der Waals surface area contributed by atoms with Crippen molar-refractivity contribution in [1.29, 1.82) is 0 Å². The number of fused-ring (bicyclic) bond motifs is 1. The first-order valence-electron chi connectivity index (χ1n) is 8.45. The highest BCUT2D eigenvalue weighted by molar-refractivity contribution is 5.37. The van der Waals surface area contributed by atoms with Gasteiger partial charge in [0.1, 0.15) is 5.75 Å². The molecular weight excluding hydrogens is 260 g/mol. The van der Waals surface area contributed by atoms with Gasteiger partial charge in [0.15, 0.2) is 0 Å². The molecule has 0 bridgehead atoms. The minimum Gasteiger partial charge on any atom is -0.493 e. The largest absolute Gasteiger partial charge is 0.493 e. The van der Waals surface area contributed by atoms with Crippen LogP contribution in [-0.2, 0) is 0 Å². The van der Waals surface area contributed by atoms with Crippen LogP contribution in [0.2, 0.25) is 0 Å². The van der Waals surface area contributed by atoms with E-state index in [9.17, 15) is 5.11 Å². The number of aliphatic hydroxyl groups is 1. The summed E-state index contributed by atoms with van der Waals surface area (Å²) in [6.07, 6.45) is 6.63. The highest BCUT2D eigenvalue weighted by Gasteiger charge is 2.32. The number of hydrogen-bond donors (Lipinski definition) is 1. The van der Waals surface area contributed by atoms with Crippen LogP contribution < -0.4 is 4.74 Å². The molecule has 0 saturated heterocycles. The van der Waals surface area contributed by atoms with Gasteiger partial charge in [-0.15, -0.1) is 0 Å². The van der Waals surface area contributed by atoms with Crippen molar-refractivity contribution in [1.82, 2.24) is 0 Å². The lowest BCUT2D eigenvalue weighted by molar-refractivity contribution is 0.0434. The number of ether oxygens (including phenoxy) is 1. The van der Waals surface area contributed by atoms with Gasteiger partial charge >= 0.3 is 0 Å². The van der Waals surface area contributed by atoms with Crippen LogP contribution in [0.15, 0.2) is 24.3 Å². The van der Waals surface area contributed by atoms with E-state index in [1.54, 1.807) is 0 Å². The van der Waals surface area contributed by atoms with Gasteiger partial charge < -0.3 is 9.84 Å². The maximum atomic E-state index is 10.7. The summed E-state index contributed by atoms with van der Waals surface area (Å²) in [5.41, 5.74) is 1.76. The molecule has 21 heavy (non-hydrogen) atoms. The van der Waals surface area contributed by atoms with Crippen molar-refractivity contribution in [3.8, 4) is 5.75 Å². The summed E-state index contributed by atoms with van der Waals surface area (Å²) in [4.78, 5) is 0. The summed E-state index contributed by atoms with van der Waals surface area (Å²) >= 11 is 0. The Labute approximate surface area is 128 Å². The van der Waals surface area contributed by atoms with E-state index in [-0.39, 0.29) is 6.10 Å². The Morgan fingerprint density at radius 2 is 1.90 bits per heavy atom. The van der Waals surface area contributed by atoms with Gasteiger partial charge in [-0.25, -0.2) is 0 Å². The van der Waals surface area contributed by atoms with E-state index in [0.29, 0.717) is 17.3 Å². The van der Waals surface area contributed by atoms with E-state index < -0.39 is 0 Å². The van der Waals surface area contributed by atoms with Crippen LogP contribution in [0.4, 0.5) is 0 Å². The minimum atomic E-state index is -0.155. The lowest BCUT2D eigenvalue weighted by atomic mass is 9.70. The maximum absolute atomic E-state index is 10.7. The SMILES string of the molecule is CC1(C)CCC(C(O)CC2CCOc3ccccc32)CC1. The second-order valence-electron chi connectivity index (χ2n) is 7.68. The molecular formula is C19H28O2. The minimum absolute atomic E-state index is 0.155. The number of aliphatic hydroxyl groups excluding tert-OH is 1. The predicted molar refractivity (Wildman–Crippen MR) is 85.7 cm³/mol. The standard InChI is InChI=1S/C19H28O2/c1-19(2)10-7-14(8-11-19)17(20)13-15-9-12-21-18-6-4-3-5-16(15)18/h3-6,14-15,17,20H,7-13H2,1-2H3. The van der Waals surface area contributed by atoms with Crippen LogP contribution in [-0.4, -0.2) is 17.8 Å². The quantitative estimate of drug-likeness (QED) is 0.886. The van der Waals surface area contributed by atoms with Crippen LogP contribution in [0.1, 0.15) is 63.9 Å². The smallest absolute Gasteiger partial charge is 0.122 e. The van der Waals surface area contributed by atoms with Crippen LogP contribution in [0.25, 0.3) is 0 Å². The first kappa shape index (κ1) is 14.9. The molecule has 0 radical (unpaired) electrons. The molecule has 2 heteroatoms. The highest BCUT2D eigenvalue weighted by Crippen LogP contribution is 2.42. The fraction of sp³-hybridized carbons (Fsp3) is 0.684. The van der Waals surface area contributed by atoms with Crippen LogP contribution in [0, 0.1) is 11.3 Å².